The summed E-state index contributed by atoms with van der Waals surface area (Å²) in [5, 5.41) is 0. The molecular weight excluding hydrogens is 400 g/mol. The number of anilines is 2. The van der Waals surface area contributed by atoms with Crippen LogP contribution in [0.3, 0.4) is 0 Å². The van der Waals surface area contributed by atoms with Crippen molar-refractivity contribution in [3.8, 4) is 0 Å². The second-order valence-corrected chi connectivity index (χ2v) is 8.37. The molecule has 164 valence electrons. The molecule has 0 bridgehead atoms. The fraction of sp³-hybridized carbons (Fsp3) is 0.417. The topological polar surface area (TPSA) is 43.9 Å². The molecule has 2 aromatic carbocycles. The maximum Gasteiger partial charge on any atom is 0.242 e. The predicted octanol–water partition coefficient (Wildman–Crippen LogP) is 3.58. The number of hydrogen-bond donors (Lipinski definition) is 0. The van der Waals surface area contributed by atoms with Crippen molar-refractivity contribution in [2.75, 3.05) is 49.1 Å². The summed E-state index contributed by atoms with van der Waals surface area (Å²) in [6, 6.07) is 8.03. The highest BCUT2D eigenvalue weighted by Gasteiger charge is 2.27. The number of carbonyl (C=O) groups is 2. The van der Waals surface area contributed by atoms with Crippen molar-refractivity contribution in [3.05, 3.63) is 58.7 Å². The summed E-state index contributed by atoms with van der Waals surface area (Å²) in [4.78, 5) is 29.8. The van der Waals surface area contributed by atoms with Gasteiger partial charge in [-0.25, -0.2) is 8.78 Å². The number of rotatable bonds is 4. The largest absolute Gasteiger partial charge is 0.366 e. The van der Waals surface area contributed by atoms with E-state index in [1.54, 1.807) is 17.0 Å². The molecule has 0 aromatic heterocycles. The van der Waals surface area contributed by atoms with Gasteiger partial charge in [0, 0.05) is 38.3 Å². The first-order valence-corrected chi connectivity index (χ1v) is 10.7. The molecule has 1 amide bonds. The molecule has 7 heteroatoms. The number of aryl methyl sites for hydroxylation is 2. The van der Waals surface area contributed by atoms with E-state index in [9.17, 15) is 18.4 Å². The van der Waals surface area contributed by atoms with Crippen molar-refractivity contribution < 1.29 is 18.4 Å². The number of halogens is 2. The average Bonchev–Trinajstić information content (AvgIpc) is 2.73. The molecule has 0 aliphatic carbocycles. The quantitative estimate of drug-likeness (QED) is 0.700. The van der Waals surface area contributed by atoms with Crippen LogP contribution >= 0.6 is 0 Å². The Kier molecular flexibility index (Phi) is 5.94. The first-order chi connectivity index (χ1) is 14.8. The molecule has 0 N–H and O–H groups in total. The second-order valence-electron chi connectivity index (χ2n) is 8.37. The van der Waals surface area contributed by atoms with Gasteiger partial charge in [0.2, 0.25) is 5.91 Å². The van der Waals surface area contributed by atoms with Crippen molar-refractivity contribution in [1.29, 1.82) is 0 Å². The molecule has 2 aliphatic heterocycles. The molecule has 5 nitrogen and oxygen atoms in total. The summed E-state index contributed by atoms with van der Waals surface area (Å²) in [5.74, 6) is -0.911. The Hall–Kier alpha value is -2.96. The van der Waals surface area contributed by atoms with Crippen molar-refractivity contribution >= 4 is 23.1 Å². The van der Waals surface area contributed by atoms with E-state index in [2.05, 4.69) is 0 Å². The Morgan fingerprint density at radius 3 is 2.39 bits per heavy atom. The van der Waals surface area contributed by atoms with E-state index in [4.69, 9.17) is 0 Å². The minimum Gasteiger partial charge on any atom is -0.366 e. The first-order valence-electron chi connectivity index (χ1n) is 10.7. The molecule has 2 aliphatic rings. The zero-order valence-corrected chi connectivity index (χ0v) is 18.0. The second kappa shape index (κ2) is 8.65. The lowest BCUT2D eigenvalue weighted by atomic mass is 9.99. The predicted molar refractivity (Wildman–Crippen MR) is 117 cm³/mol. The SMILES string of the molecule is CC(=O)c1ccc(N2CCN(C(=O)CN3CCCc4cc(C)cc(F)c43)CC2)c(F)c1. The van der Waals surface area contributed by atoms with Crippen LogP contribution in [0.25, 0.3) is 0 Å². The summed E-state index contributed by atoms with van der Waals surface area (Å²) in [6.07, 6.45) is 1.72. The minimum atomic E-state index is -0.428. The van der Waals surface area contributed by atoms with E-state index in [1.165, 1.54) is 19.1 Å². The average molecular weight is 427 g/mol. The highest BCUT2D eigenvalue weighted by molar-refractivity contribution is 5.94. The summed E-state index contributed by atoms with van der Waals surface area (Å²) in [7, 11) is 0. The van der Waals surface area contributed by atoms with Crippen LogP contribution in [0, 0.1) is 18.6 Å². The molecule has 2 heterocycles. The van der Waals surface area contributed by atoms with Crippen LogP contribution in [0.4, 0.5) is 20.2 Å². The van der Waals surface area contributed by atoms with Crippen LogP contribution < -0.4 is 9.80 Å². The minimum absolute atomic E-state index is 0.0418. The number of nitrogens with zero attached hydrogens (tertiary/aromatic N) is 3. The van der Waals surface area contributed by atoms with Gasteiger partial charge in [0.15, 0.2) is 5.78 Å². The number of ketones is 1. The Bertz CT molecular complexity index is 1020. The zero-order valence-electron chi connectivity index (χ0n) is 18.0. The number of amides is 1. The molecule has 0 atom stereocenters. The molecule has 2 aromatic rings. The van der Waals surface area contributed by atoms with Gasteiger partial charge in [-0.05, 0) is 62.1 Å². The monoisotopic (exact) mass is 427 g/mol. The fourth-order valence-electron chi connectivity index (χ4n) is 4.52. The molecule has 0 radical (unpaired) electrons. The zero-order chi connectivity index (χ0) is 22.1. The first kappa shape index (κ1) is 21.3. The van der Waals surface area contributed by atoms with Crippen molar-refractivity contribution in [1.82, 2.24) is 4.90 Å². The van der Waals surface area contributed by atoms with Gasteiger partial charge in [0.25, 0.3) is 0 Å². The Balaban J connectivity index is 1.39. The van der Waals surface area contributed by atoms with E-state index in [0.29, 0.717) is 49.7 Å². The third kappa shape index (κ3) is 4.40. The van der Waals surface area contributed by atoms with E-state index in [0.717, 1.165) is 24.0 Å². The number of carbonyl (C=O) groups excluding carboxylic acids is 2. The number of fused-ring (bicyclic) bond motifs is 1. The molecule has 1 fully saturated rings. The lowest BCUT2D eigenvalue weighted by Gasteiger charge is -2.38. The van der Waals surface area contributed by atoms with Gasteiger partial charge in [0.1, 0.15) is 11.6 Å². The van der Waals surface area contributed by atoms with Gasteiger partial charge in [-0.2, -0.15) is 0 Å². The maximum atomic E-state index is 14.6. The van der Waals surface area contributed by atoms with Gasteiger partial charge < -0.3 is 14.7 Å². The van der Waals surface area contributed by atoms with E-state index in [-0.39, 0.29) is 24.1 Å². The third-order valence-electron chi connectivity index (χ3n) is 6.13. The van der Waals surface area contributed by atoms with Crippen LogP contribution in [0.15, 0.2) is 30.3 Å². The number of hydrogen-bond acceptors (Lipinski definition) is 4. The third-order valence-corrected chi connectivity index (χ3v) is 6.13. The number of benzene rings is 2. The Morgan fingerprint density at radius 1 is 0.968 bits per heavy atom. The molecule has 1 saturated heterocycles. The molecule has 0 saturated carbocycles. The van der Waals surface area contributed by atoms with E-state index < -0.39 is 5.82 Å². The molecule has 4 rings (SSSR count). The van der Waals surface area contributed by atoms with Gasteiger partial charge in [-0.15, -0.1) is 0 Å². The van der Waals surface area contributed by atoms with Crippen LogP contribution in [-0.2, 0) is 11.2 Å². The Morgan fingerprint density at radius 2 is 1.71 bits per heavy atom. The van der Waals surface area contributed by atoms with Crippen LogP contribution in [0.2, 0.25) is 0 Å². The lowest BCUT2D eigenvalue weighted by molar-refractivity contribution is -0.130. The van der Waals surface area contributed by atoms with Crippen molar-refractivity contribution in [2.24, 2.45) is 0 Å². The number of piperazine rings is 1. The van der Waals surface area contributed by atoms with Gasteiger partial charge >= 0.3 is 0 Å². The fourth-order valence-corrected chi connectivity index (χ4v) is 4.52. The molecule has 0 unspecified atom stereocenters. The molecular formula is C24H27F2N3O2. The highest BCUT2D eigenvalue weighted by Crippen LogP contribution is 2.31. The van der Waals surface area contributed by atoms with Gasteiger partial charge in [-0.3, -0.25) is 9.59 Å². The van der Waals surface area contributed by atoms with Crippen LogP contribution in [0.1, 0.15) is 34.8 Å². The lowest BCUT2D eigenvalue weighted by Crippen LogP contribution is -2.52. The smallest absolute Gasteiger partial charge is 0.242 e. The summed E-state index contributed by atoms with van der Waals surface area (Å²) >= 11 is 0. The Labute approximate surface area is 181 Å². The van der Waals surface area contributed by atoms with Crippen LogP contribution in [-0.4, -0.2) is 55.9 Å². The summed E-state index contributed by atoms with van der Waals surface area (Å²) < 4.78 is 29.1. The van der Waals surface area contributed by atoms with Crippen LogP contribution in [0.5, 0.6) is 0 Å². The summed E-state index contributed by atoms with van der Waals surface area (Å²) in [5.41, 5.74) is 3.20. The van der Waals surface area contributed by atoms with Crippen molar-refractivity contribution in [3.63, 3.8) is 0 Å². The molecule has 31 heavy (non-hydrogen) atoms. The standard InChI is InChI=1S/C24H27F2N3O2/c1-16-12-19-4-3-7-29(24(19)21(26)13-16)15-23(31)28-10-8-27(9-11-28)22-6-5-18(17(2)30)14-20(22)25/h5-6,12-14H,3-4,7-11,15H2,1-2H3. The molecule has 0 spiro atoms. The highest BCUT2D eigenvalue weighted by atomic mass is 19.1. The number of Topliss-reactive ketones (excluding diaryl/α,β-unsaturated/α-hetero) is 1. The maximum absolute atomic E-state index is 14.6. The van der Waals surface area contributed by atoms with Gasteiger partial charge in [-0.1, -0.05) is 6.07 Å². The van der Waals surface area contributed by atoms with E-state index >= 15 is 0 Å². The summed E-state index contributed by atoms with van der Waals surface area (Å²) in [6.45, 7) is 6.06. The van der Waals surface area contributed by atoms with E-state index in [1.807, 2.05) is 22.8 Å². The van der Waals surface area contributed by atoms with Gasteiger partial charge in [0.05, 0.1) is 17.9 Å². The normalized spacial score (nSPS) is 16.3. The van der Waals surface area contributed by atoms with Crippen molar-refractivity contribution in [2.45, 2.75) is 26.7 Å².